The number of aromatic nitrogens is 1. The number of likely N-dealkylation sites (N-methyl/N-ethyl adjacent to an activating group) is 1. The first kappa shape index (κ1) is 15.3. The van der Waals surface area contributed by atoms with E-state index in [1.54, 1.807) is 11.3 Å². The molecule has 1 aliphatic heterocycles. The summed E-state index contributed by atoms with van der Waals surface area (Å²) in [6, 6.07) is 7.15. The molecule has 0 unspecified atom stereocenters. The van der Waals surface area contributed by atoms with E-state index in [1.807, 2.05) is 24.3 Å². The van der Waals surface area contributed by atoms with Crippen molar-refractivity contribution in [2.75, 3.05) is 18.9 Å². The van der Waals surface area contributed by atoms with Gasteiger partial charge in [-0.1, -0.05) is 23.7 Å². The summed E-state index contributed by atoms with van der Waals surface area (Å²) in [5, 5.41) is 6.98. The molecule has 0 fully saturated rings. The van der Waals surface area contributed by atoms with Crippen LogP contribution < -0.4 is 10.6 Å². The normalized spacial score (nSPS) is 14.5. The van der Waals surface area contributed by atoms with Gasteiger partial charge in [0.05, 0.1) is 5.69 Å². The highest BCUT2D eigenvalue weighted by Crippen LogP contribution is 2.27. The minimum Gasteiger partial charge on any atom is -0.334 e. The first-order chi connectivity index (χ1) is 10.6. The number of rotatable bonds is 3. The summed E-state index contributed by atoms with van der Waals surface area (Å²) in [6.07, 6.45) is 0.941. The number of carbonyl (C=O) groups is 1. The molecule has 0 atom stereocenters. The van der Waals surface area contributed by atoms with Crippen LogP contribution in [0.2, 0.25) is 5.02 Å². The number of halogens is 1. The third-order valence-electron chi connectivity index (χ3n) is 3.51. The Morgan fingerprint density at radius 2 is 2.18 bits per heavy atom. The number of nitrogens with zero attached hydrogens (tertiary/aromatic N) is 2. The molecule has 2 aromatic rings. The molecule has 0 spiro atoms. The van der Waals surface area contributed by atoms with E-state index in [1.165, 1.54) is 4.88 Å². The molecule has 1 aromatic heterocycles. The molecule has 22 heavy (non-hydrogen) atoms. The largest absolute Gasteiger partial charge is 0.334 e. The Hall–Kier alpha value is -1.63. The smallest absolute Gasteiger partial charge is 0.321 e. The van der Waals surface area contributed by atoms with Crippen LogP contribution >= 0.6 is 22.9 Å². The lowest BCUT2D eigenvalue weighted by Crippen LogP contribution is -2.28. The molecular weight excluding hydrogens is 320 g/mol. The zero-order chi connectivity index (χ0) is 15.5. The number of anilines is 1. The lowest BCUT2D eigenvalue weighted by atomic mass is 10.2. The molecular formula is C15H17ClN4OS. The van der Waals surface area contributed by atoms with Gasteiger partial charge < -0.3 is 10.2 Å². The number of urea groups is 1. The average Bonchev–Trinajstić information content (AvgIpc) is 2.88. The molecule has 0 aliphatic carbocycles. The van der Waals surface area contributed by atoms with Crippen LogP contribution in [0, 0.1) is 0 Å². The van der Waals surface area contributed by atoms with Gasteiger partial charge in [0.1, 0.15) is 0 Å². The molecule has 2 heterocycles. The van der Waals surface area contributed by atoms with Crippen LogP contribution in [-0.4, -0.2) is 29.5 Å². The van der Waals surface area contributed by atoms with Crippen LogP contribution in [0.5, 0.6) is 0 Å². The van der Waals surface area contributed by atoms with Gasteiger partial charge in [-0.3, -0.25) is 5.32 Å². The Balaban J connectivity index is 1.54. The molecule has 3 rings (SSSR count). The predicted molar refractivity (Wildman–Crippen MR) is 89.5 cm³/mol. The fraction of sp³-hybridized carbons (Fsp3) is 0.333. The number of hydrogen-bond acceptors (Lipinski definition) is 4. The Kier molecular flexibility index (Phi) is 4.61. The second-order valence-electron chi connectivity index (χ2n) is 5.31. The highest BCUT2D eigenvalue weighted by molar-refractivity contribution is 7.15. The number of nitrogens with one attached hydrogen (secondary N) is 2. The van der Waals surface area contributed by atoms with Crippen molar-refractivity contribution in [2.24, 2.45) is 0 Å². The SMILES string of the molecule is CN1CCc2nc(NC(=O)NCc3ccc(Cl)cc3)sc2C1. The van der Waals surface area contributed by atoms with Crippen LogP contribution in [0.3, 0.4) is 0 Å². The topological polar surface area (TPSA) is 57.3 Å². The van der Waals surface area contributed by atoms with Crippen LogP contribution in [0.1, 0.15) is 16.1 Å². The summed E-state index contributed by atoms with van der Waals surface area (Å²) in [5.41, 5.74) is 2.11. The lowest BCUT2D eigenvalue weighted by Gasteiger charge is -2.20. The summed E-state index contributed by atoms with van der Waals surface area (Å²) in [5.74, 6) is 0. The minimum absolute atomic E-state index is 0.241. The van der Waals surface area contributed by atoms with Crippen molar-refractivity contribution in [2.45, 2.75) is 19.5 Å². The number of hydrogen-bond donors (Lipinski definition) is 2. The Bertz CT molecular complexity index is 671. The van der Waals surface area contributed by atoms with Gasteiger partial charge in [0, 0.05) is 36.0 Å². The second-order valence-corrected chi connectivity index (χ2v) is 6.83. The van der Waals surface area contributed by atoms with Gasteiger partial charge >= 0.3 is 6.03 Å². The van der Waals surface area contributed by atoms with Gasteiger partial charge in [-0.15, -0.1) is 11.3 Å². The number of benzene rings is 1. The average molecular weight is 337 g/mol. The fourth-order valence-corrected chi connectivity index (χ4v) is 3.51. The van der Waals surface area contributed by atoms with E-state index in [4.69, 9.17) is 11.6 Å². The van der Waals surface area contributed by atoms with Gasteiger partial charge in [0.25, 0.3) is 0 Å². The van der Waals surface area contributed by atoms with Crippen LogP contribution in [-0.2, 0) is 19.5 Å². The molecule has 0 radical (unpaired) electrons. The Labute approximate surface area is 138 Å². The third kappa shape index (κ3) is 3.76. The van der Waals surface area contributed by atoms with Crippen molar-refractivity contribution >= 4 is 34.1 Å². The van der Waals surface area contributed by atoms with Crippen molar-refractivity contribution in [3.8, 4) is 0 Å². The molecule has 116 valence electrons. The Morgan fingerprint density at radius 3 is 2.95 bits per heavy atom. The highest BCUT2D eigenvalue weighted by Gasteiger charge is 2.18. The first-order valence-electron chi connectivity index (χ1n) is 7.06. The molecule has 7 heteroatoms. The van der Waals surface area contributed by atoms with Crippen molar-refractivity contribution < 1.29 is 4.79 Å². The number of amides is 2. The van der Waals surface area contributed by atoms with Crippen molar-refractivity contribution in [1.82, 2.24) is 15.2 Å². The van der Waals surface area contributed by atoms with E-state index < -0.39 is 0 Å². The molecule has 2 amide bonds. The fourth-order valence-electron chi connectivity index (χ4n) is 2.30. The van der Waals surface area contributed by atoms with Crippen LogP contribution in [0.25, 0.3) is 0 Å². The third-order valence-corrected chi connectivity index (χ3v) is 4.76. The number of thiazole rings is 1. The molecule has 2 N–H and O–H groups in total. The molecule has 0 bridgehead atoms. The quantitative estimate of drug-likeness (QED) is 0.905. The molecule has 0 saturated heterocycles. The van der Waals surface area contributed by atoms with Crippen LogP contribution in [0.15, 0.2) is 24.3 Å². The summed E-state index contributed by atoms with van der Waals surface area (Å²) in [6.45, 7) is 2.37. The standard InChI is InChI=1S/C15H17ClN4OS/c1-20-7-6-12-13(9-20)22-15(18-12)19-14(21)17-8-10-2-4-11(16)5-3-10/h2-5H,6-9H2,1H3,(H2,17,18,19,21). The maximum absolute atomic E-state index is 11.9. The molecule has 1 aromatic carbocycles. The summed E-state index contributed by atoms with van der Waals surface area (Å²) in [4.78, 5) is 19.9. The maximum atomic E-state index is 11.9. The summed E-state index contributed by atoms with van der Waals surface area (Å²) in [7, 11) is 2.09. The second kappa shape index (κ2) is 6.64. The molecule has 1 aliphatic rings. The molecule has 0 saturated carbocycles. The summed E-state index contributed by atoms with van der Waals surface area (Å²) < 4.78 is 0. The van der Waals surface area contributed by atoms with E-state index >= 15 is 0 Å². The Morgan fingerprint density at radius 1 is 1.41 bits per heavy atom. The van der Waals surface area contributed by atoms with Gasteiger partial charge in [0.2, 0.25) is 0 Å². The van der Waals surface area contributed by atoms with Crippen LogP contribution in [0.4, 0.5) is 9.93 Å². The van der Waals surface area contributed by atoms with Gasteiger partial charge in [-0.25, -0.2) is 9.78 Å². The van der Waals surface area contributed by atoms with Crippen molar-refractivity contribution in [3.63, 3.8) is 0 Å². The van der Waals surface area contributed by atoms with E-state index in [9.17, 15) is 4.79 Å². The number of fused-ring (bicyclic) bond motifs is 1. The van der Waals surface area contributed by atoms with Gasteiger partial charge in [-0.2, -0.15) is 0 Å². The monoisotopic (exact) mass is 336 g/mol. The van der Waals surface area contributed by atoms with Crippen molar-refractivity contribution in [3.05, 3.63) is 45.4 Å². The minimum atomic E-state index is -0.241. The summed E-state index contributed by atoms with van der Waals surface area (Å²) >= 11 is 7.38. The maximum Gasteiger partial charge on any atom is 0.321 e. The zero-order valence-corrected chi connectivity index (χ0v) is 13.8. The first-order valence-corrected chi connectivity index (χ1v) is 8.26. The van der Waals surface area contributed by atoms with E-state index in [0.29, 0.717) is 16.7 Å². The van der Waals surface area contributed by atoms with E-state index in [2.05, 4.69) is 27.6 Å². The lowest BCUT2D eigenvalue weighted by molar-refractivity contribution is 0.251. The molecule has 5 nitrogen and oxygen atoms in total. The predicted octanol–water partition coefficient (Wildman–Crippen LogP) is 3.11. The van der Waals surface area contributed by atoms with Gasteiger partial charge in [-0.05, 0) is 24.7 Å². The zero-order valence-electron chi connectivity index (χ0n) is 12.2. The number of carbonyl (C=O) groups excluding carboxylic acids is 1. The van der Waals surface area contributed by atoms with E-state index in [-0.39, 0.29) is 6.03 Å². The highest BCUT2D eigenvalue weighted by atomic mass is 35.5. The van der Waals surface area contributed by atoms with Crippen molar-refractivity contribution in [1.29, 1.82) is 0 Å². The van der Waals surface area contributed by atoms with Gasteiger partial charge in [0.15, 0.2) is 5.13 Å². The van der Waals surface area contributed by atoms with E-state index in [0.717, 1.165) is 30.8 Å².